The van der Waals surface area contributed by atoms with E-state index in [1.54, 1.807) is 7.11 Å². The van der Waals surface area contributed by atoms with Crippen molar-refractivity contribution < 1.29 is 17.9 Å². The molecule has 2 unspecified atom stereocenters. The van der Waals surface area contributed by atoms with Gasteiger partial charge in [-0.25, -0.2) is 4.98 Å². The van der Waals surface area contributed by atoms with Crippen LogP contribution in [0.3, 0.4) is 0 Å². The van der Waals surface area contributed by atoms with E-state index in [9.17, 15) is 13.2 Å². The fourth-order valence-corrected chi connectivity index (χ4v) is 2.77. The molecule has 0 saturated heterocycles. The number of alkyl halides is 3. The fraction of sp³-hybridized carbons (Fsp3) is 0.556. The van der Waals surface area contributed by atoms with Crippen LogP contribution in [0.4, 0.5) is 25.1 Å². The Kier molecular flexibility index (Phi) is 5.97. The van der Waals surface area contributed by atoms with Gasteiger partial charge in [0.2, 0.25) is 11.9 Å². The second-order valence-electron chi connectivity index (χ2n) is 6.98. The molecular formula is C18H23F3N6O. The van der Waals surface area contributed by atoms with Crippen molar-refractivity contribution in [2.24, 2.45) is 5.92 Å². The van der Waals surface area contributed by atoms with E-state index in [0.29, 0.717) is 18.5 Å². The largest absolute Gasteiger partial charge is 0.433 e. The summed E-state index contributed by atoms with van der Waals surface area (Å²) in [6.45, 7) is 4.34. The van der Waals surface area contributed by atoms with Crippen LogP contribution in [0.2, 0.25) is 0 Å². The van der Waals surface area contributed by atoms with Crippen molar-refractivity contribution in [2.75, 3.05) is 24.4 Å². The molecule has 1 fully saturated rings. The topological polar surface area (TPSA) is 84.9 Å². The average Bonchev–Trinajstić information content (AvgIpc) is 3.46. The van der Waals surface area contributed by atoms with Crippen LogP contribution in [-0.4, -0.2) is 45.7 Å². The van der Waals surface area contributed by atoms with Gasteiger partial charge in [-0.3, -0.25) is 0 Å². The predicted octanol–water partition coefficient (Wildman–Crippen LogP) is 3.61. The number of halogens is 3. The minimum atomic E-state index is -4.54. The summed E-state index contributed by atoms with van der Waals surface area (Å²) in [6.07, 6.45) is -2.27. The summed E-state index contributed by atoms with van der Waals surface area (Å²) in [4.78, 5) is 16.6. The van der Waals surface area contributed by atoms with Crippen LogP contribution in [0.25, 0.3) is 11.5 Å². The lowest BCUT2D eigenvalue weighted by Crippen LogP contribution is -2.24. The lowest BCUT2D eigenvalue weighted by Gasteiger charge is -2.17. The lowest BCUT2D eigenvalue weighted by molar-refractivity contribution is -0.141. The van der Waals surface area contributed by atoms with Crippen molar-refractivity contribution in [2.45, 2.75) is 44.9 Å². The van der Waals surface area contributed by atoms with Gasteiger partial charge in [0.05, 0.1) is 6.61 Å². The average molecular weight is 396 g/mol. The zero-order chi connectivity index (χ0) is 20.3. The molecule has 0 aromatic carbocycles. The summed E-state index contributed by atoms with van der Waals surface area (Å²) in [5.74, 6) is 1.17. The van der Waals surface area contributed by atoms with E-state index in [1.807, 2.05) is 13.8 Å². The monoisotopic (exact) mass is 396 g/mol. The molecule has 28 heavy (non-hydrogen) atoms. The first-order valence-electron chi connectivity index (χ1n) is 9.09. The maximum Gasteiger partial charge on any atom is 0.433 e. The number of anilines is 2. The number of ether oxygens (including phenoxy) is 1. The number of methoxy groups -OCH3 is 1. The van der Waals surface area contributed by atoms with Gasteiger partial charge < -0.3 is 15.4 Å². The minimum Gasteiger partial charge on any atom is -0.383 e. The molecule has 1 aliphatic carbocycles. The first-order valence-corrected chi connectivity index (χ1v) is 9.09. The van der Waals surface area contributed by atoms with Crippen molar-refractivity contribution in [3.05, 3.63) is 23.9 Å². The smallest absolute Gasteiger partial charge is 0.383 e. The Hall–Kier alpha value is -2.49. The summed E-state index contributed by atoms with van der Waals surface area (Å²) >= 11 is 0. The Morgan fingerprint density at radius 1 is 1.07 bits per heavy atom. The molecule has 10 heteroatoms. The molecule has 3 rings (SSSR count). The molecule has 0 radical (unpaired) electrons. The van der Waals surface area contributed by atoms with Crippen LogP contribution in [0.1, 0.15) is 32.4 Å². The summed E-state index contributed by atoms with van der Waals surface area (Å²) in [7, 11) is 1.58. The Balaban J connectivity index is 1.94. The van der Waals surface area contributed by atoms with Crippen molar-refractivity contribution in [1.82, 2.24) is 19.9 Å². The zero-order valence-electron chi connectivity index (χ0n) is 15.9. The molecule has 1 aliphatic rings. The third-order valence-electron chi connectivity index (χ3n) is 4.38. The number of nitrogens with one attached hydrogen (secondary N) is 2. The highest BCUT2D eigenvalue weighted by molar-refractivity contribution is 5.54. The van der Waals surface area contributed by atoms with Gasteiger partial charge in [-0.1, -0.05) is 6.07 Å². The standard InChI is InChI=1S/C18H23F3N6O/c1-10(9-28-3)22-16-25-15(13-5-4-6-14(24-13)18(19,20)21)26-17(27-16)23-11(2)12-7-8-12/h4-6,10-12H,7-9H2,1-3H3,(H2,22,23,25,26,27). The molecule has 1 saturated carbocycles. The van der Waals surface area contributed by atoms with Crippen molar-refractivity contribution in [1.29, 1.82) is 0 Å². The second kappa shape index (κ2) is 8.26. The normalized spacial score (nSPS) is 16.5. The molecule has 7 nitrogen and oxygen atoms in total. The maximum atomic E-state index is 13.0. The van der Waals surface area contributed by atoms with Gasteiger partial charge in [0, 0.05) is 19.2 Å². The molecule has 2 atom stereocenters. The molecule has 152 valence electrons. The van der Waals surface area contributed by atoms with Crippen LogP contribution in [0.5, 0.6) is 0 Å². The molecule has 2 aromatic rings. The van der Waals surface area contributed by atoms with Crippen molar-refractivity contribution in [3.63, 3.8) is 0 Å². The molecule has 0 aliphatic heterocycles. The van der Waals surface area contributed by atoms with Crippen LogP contribution in [0, 0.1) is 5.92 Å². The highest BCUT2D eigenvalue weighted by atomic mass is 19.4. The van der Waals surface area contributed by atoms with E-state index >= 15 is 0 Å². The molecular weight excluding hydrogens is 373 g/mol. The molecule has 2 N–H and O–H groups in total. The Bertz CT molecular complexity index is 812. The molecule has 0 spiro atoms. The molecule has 0 bridgehead atoms. The SMILES string of the molecule is COCC(C)Nc1nc(NC(C)C2CC2)nc(-c2cccc(C(F)(F)F)n2)n1. The van der Waals surface area contributed by atoms with E-state index in [0.717, 1.165) is 18.9 Å². The fourth-order valence-electron chi connectivity index (χ4n) is 2.77. The number of hydrogen-bond acceptors (Lipinski definition) is 7. The number of rotatable bonds is 8. The highest BCUT2D eigenvalue weighted by Crippen LogP contribution is 2.34. The van der Waals surface area contributed by atoms with Gasteiger partial charge in [0.25, 0.3) is 0 Å². The van der Waals surface area contributed by atoms with E-state index in [4.69, 9.17) is 4.74 Å². The minimum absolute atomic E-state index is 0.0294. The van der Waals surface area contributed by atoms with Gasteiger partial charge in [-0.2, -0.15) is 28.1 Å². The van der Waals surface area contributed by atoms with Gasteiger partial charge in [-0.15, -0.1) is 0 Å². The third-order valence-corrected chi connectivity index (χ3v) is 4.38. The Labute approximate surface area is 161 Å². The first-order chi connectivity index (χ1) is 13.3. The second-order valence-corrected chi connectivity index (χ2v) is 6.98. The highest BCUT2D eigenvalue weighted by Gasteiger charge is 2.33. The van der Waals surface area contributed by atoms with Crippen molar-refractivity contribution >= 4 is 11.9 Å². The van der Waals surface area contributed by atoms with E-state index in [-0.39, 0.29) is 29.6 Å². The number of pyridine rings is 1. The Morgan fingerprint density at radius 2 is 1.75 bits per heavy atom. The first kappa shape index (κ1) is 20.2. The van der Waals surface area contributed by atoms with Gasteiger partial charge in [0.1, 0.15) is 11.4 Å². The summed E-state index contributed by atoms with van der Waals surface area (Å²) < 4.78 is 44.1. The van der Waals surface area contributed by atoms with Crippen LogP contribution in [-0.2, 0) is 10.9 Å². The van der Waals surface area contributed by atoms with Gasteiger partial charge >= 0.3 is 6.18 Å². The maximum absolute atomic E-state index is 13.0. The predicted molar refractivity (Wildman–Crippen MR) is 98.8 cm³/mol. The Morgan fingerprint density at radius 3 is 2.36 bits per heavy atom. The van der Waals surface area contributed by atoms with Crippen LogP contribution in [0.15, 0.2) is 18.2 Å². The van der Waals surface area contributed by atoms with E-state index in [2.05, 4.69) is 30.6 Å². The van der Waals surface area contributed by atoms with Crippen LogP contribution >= 0.6 is 0 Å². The number of nitrogens with zero attached hydrogens (tertiary/aromatic N) is 4. The number of hydrogen-bond donors (Lipinski definition) is 2. The molecule has 2 aromatic heterocycles. The van der Waals surface area contributed by atoms with E-state index < -0.39 is 11.9 Å². The quantitative estimate of drug-likeness (QED) is 0.705. The summed E-state index contributed by atoms with van der Waals surface area (Å²) in [5.41, 5.74) is -0.963. The zero-order valence-corrected chi connectivity index (χ0v) is 15.9. The van der Waals surface area contributed by atoms with Crippen molar-refractivity contribution in [3.8, 4) is 11.5 Å². The van der Waals surface area contributed by atoms with E-state index in [1.165, 1.54) is 12.1 Å². The number of aromatic nitrogens is 4. The summed E-state index contributed by atoms with van der Waals surface area (Å²) in [6, 6.07) is 3.72. The lowest BCUT2D eigenvalue weighted by atomic mass is 10.2. The van der Waals surface area contributed by atoms with Gasteiger partial charge in [-0.05, 0) is 44.7 Å². The van der Waals surface area contributed by atoms with Gasteiger partial charge in [0.15, 0.2) is 5.82 Å². The molecule has 0 amide bonds. The summed E-state index contributed by atoms with van der Waals surface area (Å²) in [5, 5.41) is 6.30. The van der Waals surface area contributed by atoms with Crippen LogP contribution < -0.4 is 10.6 Å². The third kappa shape index (κ3) is 5.28. The molecule has 2 heterocycles.